The predicted molar refractivity (Wildman–Crippen MR) is 87.4 cm³/mol. The first-order valence-corrected chi connectivity index (χ1v) is 7.85. The van der Waals surface area contributed by atoms with Gasteiger partial charge in [-0.05, 0) is 31.0 Å². The first-order valence-electron chi connectivity index (χ1n) is 7.85. The fourth-order valence-corrected chi connectivity index (χ4v) is 2.85. The van der Waals surface area contributed by atoms with E-state index in [2.05, 4.69) is 10.3 Å². The first kappa shape index (κ1) is 15.5. The average molecular weight is 312 g/mol. The van der Waals surface area contributed by atoms with E-state index in [1.165, 1.54) is 0 Å². The zero-order valence-corrected chi connectivity index (χ0v) is 12.9. The van der Waals surface area contributed by atoms with Gasteiger partial charge in [-0.3, -0.25) is 4.79 Å². The Bertz CT molecular complexity index is 667. The molecule has 1 aromatic heterocycles. The summed E-state index contributed by atoms with van der Waals surface area (Å²) < 4.78 is 5.64. The molecule has 0 bridgehead atoms. The van der Waals surface area contributed by atoms with Crippen LogP contribution in [0.2, 0.25) is 0 Å². The highest BCUT2D eigenvalue weighted by atomic mass is 16.5. The molecule has 2 N–H and O–H groups in total. The number of aromatic nitrogens is 1. The quantitative estimate of drug-likeness (QED) is 0.886. The zero-order chi connectivity index (χ0) is 16.1. The molecule has 1 heterocycles. The summed E-state index contributed by atoms with van der Waals surface area (Å²) in [5, 5.41) is 13.0. The molecule has 5 heteroatoms. The number of benzene rings is 1. The summed E-state index contributed by atoms with van der Waals surface area (Å²) in [6.45, 7) is 0. The van der Waals surface area contributed by atoms with Crippen molar-refractivity contribution in [3.63, 3.8) is 0 Å². The normalized spacial score (nSPS) is 16.0. The second-order valence-electron chi connectivity index (χ2n) is 5.93. The Morgan fingerprint density at radius 1 is 1.13 bits per heavy atom. The van der Waals surface area contributed by atoms with Crippen LogP contribution in [0.5, 0.6) is 11.6 Å². The maximum absolute atomic E-state index is 12.1. The third-order valence-electron chi connectivity index (χ3n) is 3.98. The molecule has 1 aliphatic rings. The van der Waals surface area contributed by atoms with Crippen molar-refractivity contribution in [3.05, 3.63) is 48.5 Å². The SMILES string of the molecule is O=C(CC1(O)CCCC1)Nc1cccc(Oc2ccccc2)n1. The van der Waals surface area contributed by atoms with Gasteiger partial charge in [0, 0.05) is 6.07 Å². The summed E-state index contributed by atoms with van der Waals surface area (Å²) in [5.41, 5.74) is -0.859. The number of amides is 1. The van der Waals surface area contributed by atoms with Crippen LogP contribution in [0.15, 0.2) is 48.5 Å². The van der Waals surface area contributed by atoms with Gasteiger partial charge in [-0.1, -0.05) is 37.1 Å². The fraction of sp³-hybridized carbons (Fsp3) is 0.333. The minimum atomic E-state index is -0.859. The van der Waals surface area contributed by atoms with Gasteiger partial charge in [0.2, 0.25) is 11.8 Å². The molecule has 0 unspecified atom stereocenters. The summed E-state index contributed by atoms with van der Waals surface area (Å²) in [4.78, 5) is 16.4. The molecule has 3 rings (SSSR count). The van der Waals surface area contributed by atoms with Gasteiger partial charge in [0.1, 0.15) is 11.6 Å². The third kappa shape index (κ3) is 4.29. The molecule has 1 saturated carbocycles. The van der Waals surface area contributed by atoms with E-state index in [-0.39, 0.29) is 12.3 Å². The van der Waals surface area contributed by atoms with Crippen molar-refractivity contribution in [2.24, 2.45) is 0 Å². The van der Waals surface area contributed by atoms with E-state index >= 15 is 0 Å². The second-order valence-corrected chi connectivity index (χ2v) is 5.93. The number of hydrogen-bond acceptors (Lipinski definition) is 4. The van der Waals surface area contributed by atoms with Crippen LogP contribution < -0.4 is 10.1 Å². The van der Waals surface area contributed by atoms with Crippen molar-refractivity contribution in [2.45, 2.75) is 37.7 Å². The van der Waals surface area contributed by atoms with Gasteiger partial charge in [-0.15, -0.1) is 0 Å². The highest BCUT2D eigenvalue weighted by molar-refractivity contribution is 5.90. The van der Waals surface area contributed by atoms with Crippen LogP contribution in [0.25, 0.3) is 0 Å². The number of carbonyl (C=O) groups excluding carboxylic acids is 1. The summed E-state index contributed by atoms with van der Waals surface area (Å²) in [6.07, 6.45) is 3.43. The Kier molecular flexibility index (Phi) is 4.57. The van der Waals surface area contributed by atoms with Crippen LogP contribution in [0.1, 0.15) is 32.1 Å². The van der Waals surface area contributed by atoms with Gasteiger partial charge in [0.15, 0.2) is 0 Å². The zero-order valence-electron chi connectivity index (χ0n) is 12.9. The lowest BCUT2D eigenvalue weighted by molar-refractivity contribution is -0.120. The number of rotatable bonds is 5. The Balaban J connectivity index is 1.62. The van der Waals surface area contributed by atoms with Crippen LogP contribution in [0.4, 0.5) is 5.82 Å². The van der Waals surface area contributed by atoms with Crippen molar-refractivity contribution >= 4 is 11.7 Å². The van der Waals surface area contributed by atoms with E-state index in [1.807, 2.05) is 30.3 Å². The molecular weight excluding hydrogens is 292 g/mol. The monoisotopic (exact) mass is 312 g/mol. The molecule has 2 aromatic rings. The van der Waals surface area contributed by atoms with Gasteiger partial charge in [0.25, 0.3) is 0 Å². The molecule has 0 aliphatic heterocycles. The van der Waals surface area contributed by atoms with Gasteiger partial charge < -0.3 is 15.2 Å². The van der Waals surface area contributed by atoms with Crippen LogP contribution in [0, 0.1) is 0 Å². The number of nitrogens with zero attached hydrogens (tertiary/aromatic N) is 1. The Morgan fingerprint density at radius 3 is 2.61 bits per heavy atom. The van der Waals surface area contributed by atoms with Gasteiger partial charge >= 0.3 is 0 Å². The van der Waals surface area contributed by atoms with Gasteiger partial charge in [-0.2, -0.15) is 4.98 Å². The molecule has 23 heavy (non-hydrogen) atoms. The lowest BCUT2D eigenvalue weighted by atomic mass is 9.98. The maximum Gasteiger partial charge on any atom is 0.228 e. The van der Waals surface area contributed by atoms with Crippen molar-refractivity contribution in [3.8, 4) is 11.6 Å². The lowest BCUT2D eigenvalue weighted by Crippen LogP contribution is -2.30. The molecule has 1 aliphatic carbocycles. The first-order chi connectivity index (χ1) is 11.1. The largest absolute Gasteiger partial charge is 0.439 e. The van der Waals surface area contributed by atoms with E-state index in [0.29, 0.717) is 30.3 Å². The molecule has 1 fully saturated rings. The topological polar surface area (TPSA) is 71.5 Å². The number of anilines is 1. The van der Waals surface area contributed by atoms with E-state index in [4.69, 9.17) is 4.74 Å². The Morgan fingerprint density at radius 2 is 1.87 bits per heavy atom. The van der Waals surface area contributed by atoms with Crippen molar-refractivity contribution < 1.29 is 14.6 Å². The van der Waals surface area contributed by atoms with Crippen LogP contribution in [0.3, 0.4) is 0 Å². The second kappa shape index (κ2) is 6.79. The average Bonchev–Trinajstić information content (AvgIpc) is 2.94. The molecule has 1 amide bonds. The van der Waals surface area contributed by atoms with E-state index in [1.54, 1.807) is 18.2 Å². The molecule has 0 saturated heterocycles. The standard InChI is InChI=1S/C18H20N2O3/c21-16(13-18(22)11-4-5-12-18)19-15-9-6-10-17(20-15)23-14-7-2-1-3-8-14/h1-3,6-10,22H,4-5,11-13H2,(H,19,20,21). The number of ether oxygens (including phenoxy) is 1. The molecule has 1 aromatic carbocycles. The number of para-hydroxylation sites is 1. The number of carbonyl (C=O) groups is 1. The summed E-state index contributed by atoms with van der Waals surface area (Å²) in [5.74, 6) is 1.29. The predicted octanol–water partition coefficient (Wildman–Crippen LogP) is 3.51. The minimum absolute atomic E-state index is 0.110. The molecule has 0 spiro atoms. The summed E-state index contributed by atoms with van der Waals surface area (Å²) in [7, 11) is 0. The van der Waals surface area contributed by atoms with Gasteiger partial charge in [-0.25, -0.2) is 0 Å². The van der Waals surface area contributed by atoms with Gasteiger partial charge in [0.05, 0.1) is 12.0 Å². The molecule has 120 valence electrons. The van der Waals surface area contributed by atoms with Crippen LogP contribution >= 0.6 is 0 Å². The van der Waals surface area contributed by atoms with Crippen molar-refractivity contribution in [1.29, 1.82) is 0 Å². The third-order valence-corrected chi connectivity index (χ3v) is 3.98. The van der Waals surface area contributed by atoms with Crippen molar-refractivity contribution in [2.75, 3.05) is 5.32 Å². The fourth-order valence-electron chi connectivity index (χ4n) is 2.85. The Hall–Kier alpha value is -2.40. The van der Waals surface area contributed by atoms with E-state index < -0.39 is 5.60 Å². The number of aliphatic hydroxyl groups is 1. The van der Waals surface area contributed by atoms with E-state index in [0.717, 1.165) is 12.8 Å². The lowest BCUT2D eigenvalue weighted by Gasteiger charge is -2.20. The number of hydrogen-bond donors (Lipinski definition) is 2. The number of nitrogens with one attached hydrogen (secondary N) is 1. The van der Waals surface area contributed by atoms with E-state index in [9.17, 15) is 9.90 Å². The number of pyridine rings is 1. The highest BCUT2D eigenvalue weighted by Gasteiger charge is 2.33. The van der Waals surface area contributed by atoms with Crippen LogP contribution in [-0.2, 0) is 4.79 Å². The molecule has 0 radical (unpaired) electrons. The minimum Gasteiger partial charge on any atom is -0.439 e. The maximum atomic E-state index is 12.1. The Labute approximate surface area is 135 Å². The van der Waals surface area contributed by atoms with Crippen LogP contribution in [-0.4, -0.2) is 21.6 Å². The smallest absolute Gasteiger partial charge is 0.228 e. The molecule has 5 nitrogen and oxygen atoms in total. The highest BCUT2D eigenvalue weighted by Crippen LogP contribution is 2.32. The van der Waals surface area contributed by atoms with Crippen molar-refractivity contribution in [1.82, 2.24) is 4.98 Å². The molecular formula is C18H20N2O3. The molecule has 0 atom stereocenters. The summed E-state index contributed by atoms with van der Waals surface area (Å²) in [6, 6.07) is 14.5. The summed E-state index contributed by atoms with van der Waals surface area (Å²) >= 11 is 0.